The van der Waals surface area contributed by atoms with E-state index >= 15 is 0 Å². The fourth-order valence-corrected chi connectivity index (χ4v) is 4.07. The second-order valence-electron chi connectivity index (χ2n) is 6.73. The molecule has 7 nitrogen and oxygen atoms in total. The number of aromatic nitrogens is 1. The number of hydrogen-bond acceptors (Lipinski definition) is 5. The molecule has 2 fully saturated rings. The number of primary amides is 1. The van der Waals surface area contributed by atoms with Crippen LogP contribution in [0, 0.1) is 0 Å². The summed E-state index contributed by atoms with van der Waals surface area (Å²) >= 11 is 0. The molecular formula is C17H24N4O3. The number of fused-ring (bicyclic) bond motifs is 2. The molecule has 0 aromatic carbocycles. The topological polar surface area (TPSA) is 109 Å². The summed E-state index contributed by atoms with van der Waals surface area (Å²) in [6, 6.07) is 3.54. The fraction of sp³-hybridized carbons (Fsp3) is 0.588. The zero-order valence-electron chi connectivity index (χ0n) is 13.6. The second-order valence-corrected chi connectivity index (χ2v) is 6.73. The normalized spacial score (nSPS) is 27.6. The molecule has 24 heavy (non-hydrogen) atoms. The Balaban J connectivity index is 1.57. The van der Waals surface area contributed by atoms with Gasteiger partial charge in [0.05, 0.1) is 6.10 Å². The van der Waals surface area contributed by atoms with E-state index in [-0.39, 0.29) is 18.4 Å². The van der Waals surface area contributed by atoms with Crippen molar-refractivity contribution in [1.29, 1.82) is 0 Å². The summed E-state index contributed by atoms with van der Waals surface area (Å²) in [4.78, 5) is 30.0. The van der Waals surface area contributed by atoms with Crippen LogP contribution in [0.1, 0.15) is 42.5 Å². The zero-order chi connectivity index (χ0) is 17.2. The van der Waals surface area contributed by atoms with Gasteiger partial charge in [0.2, 0.25) is 5.91 Å². The number of aliphatic hydroxyl groups excluding tert-OH is 1. The van der Waals surface area contributed by atoms with Crippen molar-refractivity contribution in [2.45, 2.75) is 49.8 Å². The Bertz CT molecular complexity index is 605. The molecule has 130 valence electrons. The molecule has 0 spiro atoms. The Labute approximate surface area is 141 Å². The average Bonchev–Trinajstić information content (AvgIpc) is 2.79. The predicted molar refractivity (Wildman–Crippen MR) is 88.1 cm³/mol. The first-order valence-corrected chi connectivity index (χ1v) is 8.46. The molecule has 2 saturated heterocycles. The van der Waals surface area contributed by atoms with Crippen LogP contribution in [0.2, 0.25) is 0 Å². The van der Waals surface area contributed by atoms with E-state index in [4.69, 9.17) is 5.73 Å². The minimum Gasteiger partial charge on any atom is -0.390 e. The molecule has 7 heteroatoms. The van der Waals surface area contributed by atoms with Crippen molar-refractivity contribution in [3.05, 3.63) is 30.1 Å². The first-order chi connectivity index (χ1) is 11.5. The van der Waals surface area contributed by atoms with Gasteiger partial charge in [-0.1, -0.05) is 0 Å². The number of nitrogens with zero attached hydrogens (tertiary/aromatic N) is 2. The van der Waals surface area contributed by atoms with E-state index in [2.05, 4.69) is 15.2 Å². The molecule has 3 atom stereocenters. The van der Waals surface area contributed by atoms with Crippen LogP contribution >= 0.6 is 0 Å². The molecule has 1 aromatic rings. The number of piperidine rings is 1. The summed E-state index contributed by atoms with van der Waals surface area (Å²) in [5.74, 6) is -0.541. The molecule has 2 aliphatic heterocycles. The van der Waals surface area contributed by atoms with Gasteiger partial charge in [0.1, 0.15) is 5.54 Å². The molecule has 2 aliphatic rings. The van der Waals surface area contributed by atoms with Crippen LogP contribution in [0.3, 0.4) is 0 Å². The van der Waals surface area contributed by atoms with Crippen molar-refractivity contribution < 1.29 is 14.7 Å². The Morgan fingerprint density at radius 2 is 2.12 bits per heavy atom. The average molecular weight is 332 g/mol. The van der Waals surface area contributed by atoms with Crippen LogP contribution in [0.25, 0.3) is 0 Å². The molecule has 0 saturated carbocycles. The number of nitrogens with two attached hydrogens (primary N) is 1. The number of amides is 2. The third-order valence-corrected chi connectivity index (χ3v) is 5.32. The molecule has 3 rings (SSSR count). The van der Waals surface area contributed by atoms with Crippen LogP contribution in [0.4, 0.5) is 0 Å². The molecule has 0 aliphatic carbocycles. The van der Waals surface area contributed by atoms with Crippen molar-refractivity contribution >= 4 is 11.8 Å². The maximum absolute atomic E-state index is 12.0. The largest absolute Gasteiger partial charge is 0.390 e. The van der Waals surface area contributed by atoms with Gasteiger partial charge >= 0.3 is 0 Å². The lowest BCUT2D eigenvalue weighted by Crippen LogP contribution is -2.60. The Morgan fingerprint density at radius 3 is 2.83 bits per heavy atom. The first-order valence-electron chi connectivity index (χ1n) is 8.46. The molecule has 1 aromatic heterocycles. The van der Waals surface area contributed by atoms with Gasteiger partial charge < -0.3 is 16.2 Å². The second kappa shape index (κ2) is 6.86. The van der Waals surface area contributed by atoms with Crippen molar-refractivity contribution in [2.24, 2.45) is 5.73 Å². The van der Waals surface area contributed by atoms with Gasteiger partial charge in [-0.15, -0.1) is 0 Å². The van der Waals surface area contributed by atoms with Gasteiger partial charge in [-0.2, -0.15) is 0 Å². The number of pyridine rings is 1. The number of hydrogen-bond donors (Lipinski definition) is 3. The lowest BCUT2D eigenvalue weighted by molar-refractivity contribution is -0.132. The van der Waals surface area contributed by atoms with E-state index in [0.29, 0.717) is 18.2 Å². The summed E-state index contributed by atoms with van der Waals surface area (Å²) in [6.45, 7) is 0.490. The fourth-order valence-electron chi connectivity index (χ4n) is 4.07. The summed E-state index contributed by atoms with van der Waals surface area (Å²) in [5.41, 5.74) is 5.56. The van der Waals surface area contributed by atoms with Crippen LogP contribution in [0.5, 0.6) is 0 Å². The highest BCUT2D eigenvalue weighted by molar-refractivity contribution is 5.93. The van der Waals surface area contributed by atoms with Gasteiger partial charge in [0.25, 0.3) is 5.91 Å². The maximum atomic E-state index is 12.0. The summed E-state index contributed by atoms with van der Waals surface area (Å²) in [5, 5.41) is 13.1. The molecule has 2 bridgehead atoms. The van der Waals surface area contributed by atoms with Crippen molar-refractivity contribution in [3.63, 3.8) is 0 Å². The molecule has 3 heterocycles. The zero-order valence-corrected chi connectivity index (χ0v) is 13.6. The van der Waals surface area contributed by atoms with E-state index < -0.39 is 11.6 Å². The Morgan fingerprint density at radius 1 is 1.38 bits per heavy atom. The SMILES string of the molecule is NC(=O)[C@]12CCC[C@@H](CC1)N2CC(O)CNC(=O)c1ccncc1. The van der Waals surface area contributed by atoms with E-state index in [1.807, 2.05) is 0 Å². The summed E-state index contributed by atoms with van der Waals surface area (Å²) in [6.07, 6.45) is 6.86. The third-order valence-electron chi connectivity index (χ3n) is 5.32. The van der Waals surface area contributed by atoms with Crippen LogP contribution in [-0.4, -0.2) is 57.6 Å². The lowest BCUT2D eigenvalue weighted by atomic mass is 9.87. The van der Waals surface area contributed by atoms with Crippen molar-refractivity contribution in [2.75, 3.05) is 13.1 Å². The standard InChI is InChI=1S/C17H24N4O3/c18-16(24)17-6-1-2-13(3-7-17)21(17)11-14(22)10-20-15(23)12-4-8-19-9-5-12/h4-5,8-9,13-14,22H,1-3,6-7,10-11H2,(H2,18,24)(H,20,23)/t13-,14?,17-/m0/s1. The smallest absolute Gasteiger partial charge is 0.251 e. The van der Waals surface area contributed by atoms with Gasteiger partial charge in [0, 0.05) is 37.1 Å². The molecule has 1 unspecified atom stereocenters. The maximum Gasteiger partial charge on any atom is 0.251 e. The number of nitrogens with one attached hydrogen (secondary N) is 1. The van der Waals surface area contributed by atoms with E-state index in [1.165, 1.54) is 0 Å². The molecule has 2 amide bonds. The number of aliphatic hydroxyl groups is 1. The van der Waals surface area contributed by atoms with Gasteiger partial charge in [0.15, 0.2) is 0 Å². The van der Waals surface area contributed by atoms with E-state index in [1.54, 1.807) is 24.5 Å². The monoisotopic (exact) mass is 332 g/mol. The van der Waals surface area contributed by atoms with Crippen molar-refractivity contribution in [1.82, 2.24) is 15.2 Å². The van der Waals surface area contributed by atoms with Gasteiger partial charge in [-0.3, -0.25) is 19.5 Å². The minimum atomic E-state index is -0.742. The quantitative estimate of drug-likeness (QED) is 0.682. The number of β-amino-alcohol motifs (C(OH)–C–C–N with tert-alkyl or cyclic N) is 1. The highest BCUT2D eigenvalue weighted by Crippen LogP contribution is 2.43. The van der Waals surface area contributed by atoms with Gasteiger partial charge in [-0.05, 0) is 44.2 Å². The number of carbonyl (C=O) groups is 2. The van der Waals surface area contributed by atoms with E-state index in [9.17, 15) is 14.7 Å². The Kier molecular flexibility index (Phi) is 4.82. The summed E-state index contributed by atoms with van der Waals surface area (Å²) in [7, 11) is 0. The summed E-state index contributed by atoms with van der Waals surface area (Å²) < 4.78 is 0. The Hall–Kier alpha value is -1.99. The lowest BCUT2D eigenvalue weighted by Gasteiger charge is -2.43. The molecule has 0 radical (unpaired) electrons. The highest BCUT2D eigenvalue weighted by atomic mass is 16.3. The third kappa shape index (κ3) is 3.14. The van der Waals surface area contributed by atoms with Crippen LogP contribution in [0.15, 0.2) is 24.5 Å². The number of carbonyl (C=O) groups excluding carboxylic acids is 2. The van der Waals surface area contributed by atoms with Crippen LogP contribution in [-0.2, 0) is 4.79 Å². The molecule has 4 N–H and O–H groups in total. The molecular weight excluding hydrogens is 308 g/mol. The minimum absolute atomic E-state index is 0.138. The van der Waals surface area contributed by atoms with Crippen molar-refractivity contribution in [3.8, 4) is 0 Å². The first kappa shape index (κ1) is 16.9. The van der Waals surface area contributed by atoms with Crippen LogP contribution < -0.4 is 11.1 Å². The van der Waals surface area contributed by atoms with E-state index in [0.717, 1.165) is 32.1 Å². The number of rotatable bonds is 6. The highest BCUT2D eigenvalue weighted by Gasteiger charge is 2.52. The predicted octanol–water partition coefficient (Wildman–Crippen LogP) is 0.0447. The van der Waals surface area contributed by atoms with Gasteiger partial charge in [-0.25, -0.2) is 0 Å².